The van der Waals surface area contributed by atoms with Crippen LogP contribution in [0.25, 0.3) is 0 Å². The van der Waals surface area contributed by atoms with Gasteiger partial charge in [-0.1, -0.05) is 42.5 Å². The summed E-state index contributed by atoms with van der Waals surface area (Å²) in [6, 6.07) is 15.8. The van der Waals surface area contributed by atoms with Gasteiger partial charge in [0.05, 0.1) is 13.2 Å². The van der Waals surface area contributed by atoms with Gasteiger partial charge in [0.2, 0.25) is 0 Å². The standard InChI is InChI=1S/C29H35NO3/c1-19-9-10-21-15-23-27-11-12-29(31-3,22(16-27)18-32-17-20-7-5-4-6-8-20)26-28(27,13-14-30(23)2)24(21)25(19)33-26/h4-10,22-23,26H,11-18H2,1-3H3/t22-,23+,26?,27+,28-,29+/m0/s1. The number of hydrogen-bond acceptors (Lipinski definition) is 4. The maximum Gasteiger partial charge on any atom is 0.138 e. The molecule has 1 unspecified atom stereocenters. The number of likely N-dealkylation sites (tertiary alicyclic amines) is 1. The summed E-state index contributed by atoms with van der Waals surface area (Å²) in [6.45, 7) is 4.76. The molecule has 4 fully saturated rings. The Kier molecular flexibility index (Phi) is 4.25. The molecule has 2 spiro atoms. The van der Waals surface area contributed by atoms with Gasteiger partial charge in [0.1, 0.15) is 17.5 Å². The summed E-state index contributed by atoms with van der Waals surface area (Å²) >= 11 is 0. The van der Waals surface area contributed by atoms with Gasteiger partial charge in [-0.2, -0.15) is 0 Å². The summed E-state index contributed by atoms with van der Waals surface area (Å²) in [5.74, 6) is 1.53. The Morgan fingerprint density at radius 2 is 1.94 bits per heavy atom. The molecule has 4 aliphatic carbocycles. The largest absolute Gasteiger partial charge is 0.486 e. The number of methoxy groups -OCH3 is 1. The van der Waals surface area contributed by atoms with Crippen molar-refractivity contribution in [3.8, 4) is 5.75 Å². The van der Waals surface area contributed by atoms with Crippen molar-refractivity contribution in [2.45, 2.75) is 68.8 Å². The Morgan fingerprint density at radius 1 is 1.09 bits per heavy atom. The van der Waals surface area contributed by atoms with E-state index in [-0.39, 0.29) is 22.5 Å². The molecule has 2 aromatic rings. The van der Waals surface area contributed by atoms with Gasteiger partial charge in [-0.15, -0.1) is 0 Å². The highest BCUT2D eigenvalue weighted by Crippen LogP contribution is 2.76. The number of fused-ring (bicyclic) bond motifs is 2. The normalized spacial score (nSPS) is 39.9. The van der Waals surface area contributed by atoms with Crippen LogP contribution in [0.2, 0.25) is 0 Å². The van der Waals surface area contributed by atoms with E-state index in [4.69, 9.17) is 14.2 Å². The summed E-state index contributed by atoms with van der Waals surface area (Å²) in [4.78, 5) is 2.66. The molecule has 4 heteroatoms. The van der Waals surface area contributed by atoms with Crippen molar-refractivity contribution in [1.82, 2.24) is 4.90 Å². The van der Waals surface area contributed by atoms with Gasteiger partial charge < -0.3 is 19.1 Å². The minimum atomic E-state index is -0.279. The molecule has 6 atom stereocenters. The predicted molar refractivity (Wildman–Crippen MR) is 128 cm³/mol. The Morgan fingerprint density at radius 3 is 2.76 bits per heavy atom. The molecule has 4 bridgehead atoms. The van der Waals surface area contributed by atoms with Crippen LogP contribution in [-0.2, 0) is 27.9 Å². The molecule has 1 saturated heterocycles. The summed E-state index contributed by atoms with van der Waals surface area (Å²) in [5.41, 5.74) is 5.66. The second kappa shape index (κ2) is 6.84. The minimum absolute atomic E-state index is 0.0866. The predicted octanol–water partition coefficient (Wildman–Crippen LogP) is 4.66. The smallest absolute Gasteiger partial charge is 0.138 e. The first-order valence-electron chi connectivity index (χ1n) is 12.7. The zero-order chi connectivity index (χ0) is 22.4. The second-order valence-electron chi connectivity index (χ2n) is 11.4. The molecule has 8 rings (SSSR count). The quantitative estimate of drug-likeness (QED) is 0.670. The highest BCUT2D eigenvalue weighted by atomic mass is 16.6. The summed E-state index contributed by atoms with van der Waals surface area (Å²) in [6.07, 6.45) is 5.90. The van der Waals surface area contributed by atoms with E-state index in [1.54, 1.807) is 5.56 Å². The van der Waals surface area contributed by atoms with E-state index >= 15 is 0 Å². The SMILES string of the molecule is CO[C@]12CC[C@@]3(C[C@H]1COCc1ccccc1)[C@H]1Cc4ccc(C)c5c4[C@@]3(CCN1C)C2O5. The maximum absolute atomic E-state index is 7.06. The van der Waals surface area contributed by atoms with Gasteiger partial charge >= 0.3 is 0 Å². The molecule has 0 amide bonds. The highest BCUT2D eigenvalue weighted by molar-refractivity contribution is 5.61. The van der Waals surface area contributed by atoms with Crippen LogP contribution >= 0.6 is 0 Å². The van der Waals surface area contributed by atoms with E-state index in [1.165, 1.54) is 41.7 Å². The number of ether oxygens (including phenoxy) is 3. The third kappa shape index (κ3) is 2.33. The van der Waals surface area contributed by atoms with Crippen molar-refractivity contribution >= 4 is 0 Å². The fraction of sp³-hybridized carbons (Fsp3) is 0.586. The lowest BCUT2D eigenvalue weighted by atomic mass is 9.35. The third-order valence-corrected chi connectivity index (χ3v) is 10.4. The summed E-state index contributed by atoms with van der Waals surface area (Å²) < 4.78 is 20.0. The van der Waals surface area contributed by atoms with E-state index in [9.17, 15) is 0 Å². The van der Waals surface area contributed by atoms with Crippen molar-refractivity contribution in [1.29, 1.82) is 0 Å². The van der Waals surface area contributed by atoms with Gasteiger partial charge in [0.25, 0.3) is 0 Å². The maximum atomic E-state index is 7.06. The van der Waals surface area contributed by atoms with E-state index in [0.717, 1.165) is 26.0 Å². The monoisotopic (exact) mass is 445 g/mol. The lowest BCUT2D eigenvalue weighted by Crippen LogP contribution is -2.81. The van der Waals surface area contributed by atoms with Crippen LogP contribution in [0.15, 0.2) is 42.5 Å². The molecule has 0 N–H and O–H groups in total. The highest BCUT2D eigenvalue weighted by Gasteiger charge is 2.80. The zero-order valence-corrected chi connectivity index (χ0v) is 20.1. The van der Waals surface area contributed by atoms with Crippen molar-refractivity contribution < 1.29 is 14.2 Å². The first-order chi connectivity index (χ1) is 16.1. The molecular weight excluding hydrogens is 410 g/mol. The Labute approximate surface area is 197 Å². The fourth-order valence-electron chi connectivity index (χ4n) is 9.07. The van der Waals surface area contributed by atoms with Gasteiger partial charge in [0, 0.05) is 35.5 Å². The number of benzene rings is 2. The Hall–Kier alpha value is -1.88. The first-order valence-corrected chi connectivity index (χ1v) is 12.7. The molecule has 174 valence electrons. The average molecular weight is 446 g/mol. The molecule has 2 aromatic carbocycles. The third-order valence-electron chi connectivity index (χ3n) is 10.4. The zero-order valence-electron chi connectivity index (χ0n) is 20.1. The summed E-state index contributed by atoms with van der Waals surface area (Å²) in [7, 11) is 4.28. The van der Waals surface area contributed by atoms with Crippen LogP contribution in [0.3, 0.4) is 0 Å². The number of rotatable bonds is 5. The number of aryl methyl sites for hydroxylation is 1. The van der Waals surface area contributed by atoms with Gasteiger partial charge in [-0.05, 0) is 69.3 Å². The molecule has 0 aromatic heterocycles. The first kappa shape index (κ1) is 20.5. The molecule has 2 heterocycles. The van der Waals surface area contributed by atoms with Crippen molar-refractivity contribution in [3.05, 3.63) is 64.7 Å². The van der Waals surface area contributed by atoms with Crippen LogP contribution in [0.5, 0.6) is 5.75 Å². The number of nitrogens with zero attached hydrogens (tertiary/aromatic N) is 1. The molecule has 4 nitrogen and oxygen atoms in total. The molecule has 2 aliphatic heterocycles. The van der Waals surface area contributed by atoms with Crippen LogP contribution in [-0.4, -0.2) is 50.0 Å². The van der Waals surface area contributed by atoms with Crippen molar-refractivity contribution in [2.24, 2.45) is 11.3 Å². The molecular formula is C29H35NO3. The minimum Gasteiger partial charge on any atom is -0.486 e. The fourth-order valence-corrected chi connectivity index (χ4v) is 9.07. The van der Waals surface area contributed by atoms with Crippen molar-refractivity contribution in [2.75, 3.05) is 27.3 Å². The second-order valence-corrected chi connectivity index (χ2v) is 11.4. The molecule has 33 heavy (non-hydrogen) atoms. The van der Waals surface area contributed by atoms with Gasteiger partial charge in [-0.3, -0.25) is 0 Å². The van der Waals surface area contributed by atoms with Crippen LogP contribution < -0.4 is 4.74 Å². The number of likely N-dealkylation sites (N-methyl/N-ethyl adjacent to an activating group) is 1. The van der Waals surface area contributed by atoms with Gasteiger partial charge in [0.15, 0.2) is 0 Å². The molecule has 3 saturated carbocycles. The van der Waals surface area contributed by atoms with Crippen molar-refractivity contribution in [3.63, 3.8) is 0 Å². The summed E-state index contributed by atoms with van der Waals surface area (Å²) in [5, 5.41) is 0. The number of hydrogen-bond donors (Lipinski definition) is 0. The topological polar surface area (TPSA) is 30.9 Å². The van der Waals surface area contributed by atoms with Crippen LogP contribution in [0, 0.1) is 18.3 Å². The number of piperidine rings is 1. The Balaban J connectivity index is 1.32. The van der Waals surface area contributed by atoms with Gasteiger partial charge in [-0.25, -0.2) is 0 Å². The van der Waals surface area contributed by atoms with E-state index in [0.29, 0.717) is 18.6 Å². The average Bonchev–Trinajstić information content (AvgIpc) is 3.21. The van der Waals surface area contributed by atoms with Crippen LogP contribution in [0.1, 0.15) is 47.9 Å². The van der Waals surface area contributed by atoms with E-state index < -0.39 is 0 Å². The Bertz CT molecular complexity index is 1100. The lowest BCUT2D eigenvalue weighted by molar-refractivity contribution is -0.282. The lowest BCUT2D eigenvalue weighted by Gasteiger charge is -2.73. The van der Waals surface area contributed by atoms with E-state index in [2.05, 4.69) is 61.3 Å². The molecule has 6 aliphatic rings. The van der Waals surface area contributed by atoms with E-state index in [1.807, 2.05) is 7.11 Å². The molecule has 0 radical (unpaired) electrons. The van der Waals surface area contributed by atoms with Crippen LogP contribution in [0.4, 0.5) is 0 Å².